The van der Waals surface area contributed by atoms with Crippen LogP contribution in [0.1, 0.15) is 16.8 Å². The van der Waals surface area contributed by atoms with E-state index in [-0.39, 0.29) is 5.91 Å². The summed E-state index contributed by atoms with van der Waals surface area (Å²) in [5, 5.41) is 2.99. The van der Waals surface area contributed by atoms with E-state index >= 15 is 0 Å². The number of nitrogens with one attached hydrogen (secondary N) is 1. The summed E-state index contributed by atoms with van der Waals surface area (Å²) in [5.41, 5.74) is 1.52. The van der Waals surface area contributed by atoms with E-state index in [1.807, 2.05) is 28.9 Å². The zero-order chi connectivity index (χ0) is 15.4. The van der Waals surface area contributed by atoms with Gasteiger partial charge in [0, 0.05) is 51.3 Å². The monoisotopic (exact) mass is 301 g/mol. The van der Waals surface area contributed by atoms with Crippen LogP contribution in [0, 0.1) is 0 Å². The maximum absolute atomic E-state index is 12.1. The molecule has 1 aliphatic rings. The molecule has 1 aliphatic heterocycles. The topological polar surface area (TPSA) is 52.9 Å². The van der Waals surface area contributed by atoms with Gasteiger partial charge in [0.2, 0.25) is 0 Å². The van der Waals surface area contributed by atoms with Gasteiger partial charge in [-0.2, -0.15) is 0 Å². The van der Waals surface area contributed by atoms with Crippen molar-refractivity contribution in [2.75, 3.05) is 46.3 Å². The number of fused-ring (bicyclic) bond motifs is 1. The van der Waals surface area contributed by atoms with Crippen molar-refractivity contribution in [3.05, 3.63) is 36.3 Å². The molecule has 0 aromatic carbocycles. The minimum absolute atomic E-state index is 0.0195. The van der Waals surface area contributed by atoms with Crippen LogP contribution in [0.3, 0.4) is 0 Å². The molecule has 2 aromatic rings. The molecule has 0 atom stereocenters. The van der Waals surface area contributed by atoms with Crippen molar-refractivity contribution in [3.63, 3.8) is 0 Å². The predicted molar refractivity (Wildman–Crippen MR) is 86.1 cm³/mol. The number of amides is 1. The van der Waals surface area contributed by atoms with Gasteiger partial charge in [-0.15, -0.1) is 0 Å². The molecule has 3 rings (SSSR count). The largest absolute Gasteiger partial charge is 0.352 e. The van der Waals surface area contributed by atoms with E-state index in [0.717, 1.165) is 44.8 Å². The summed E-state index contributed by atoms with van der Waals surface area (Å²) in [6.07, 6.45) is 6.38. The molecule has 2 aromatic heterocycles. The molecule has 6 heteroatoms. The number of hydrogen-bond donors (Lipinski definition) is 1. The van der Waals surface area contributed by atoms with Gasteiger partial charge in [0.25, 0.3) is 5.91 Å². The number of hydrogen-bond acceptors (Lipinski definition) is 4. The van der Waals surface area contributed by atoms with Gasteiger partial charge in [0.1, 0.15) is 5.65 Å². The average molecular weight is 301 g/mol. The molecule has 1 amide bonds. The number of carbonyl (C=O) groups is 1. The highest BCUT2D eigenvalue weighted by atomic mass is 16.1. The molecule has 0 bridgehead atoms. The first-order chi connectivity index (χ1) is 10.7. The standard InChI is InChI=1S/C16H23N5O/c1-19-9-11-20(12-10-19)7-2-5-18-16(22)14-3-4-15-17-6-8-21(15)13-14/h3-4,6,8,13H,2,5,7,9-12H2,1H3,(H,18,22). The van der Waals surface area contributed by atoms with Crippen molar-refractivity contribution in [2.45, 2.75) is 6.42 Å². The molecule has 22 heavy (non-hydrogen) atoms. The van der Waals surface area contributed by atoms with Crippen LogP contribution in [-0.2, 0) is 0 Å². The quantitative estimate of drug-likeness (QED) is 0.826. The zero-order valence-corrected chi connectivity index (χ0v) is 13.0. The van der Waals surface area contributed by atoms with Crippen LogP contribution in [0.5, 0.6) is 0 Å². The number of piperazine rings is 1. The first-order valence-corrected chi connectivity index (χ1v) is 7.84. The van der Waals surface area contributed by atoms with Crippen LogP contribution < -0.4 is 5.32 Å². The Balaban J connectivity index is 1.42. The van der Waals surface area contributed by atoms with Crippen molar-refractivity contribution in [1.82, 2.24) is 24.5 Å². The lowest BCUT2D eigenvalue weighted by atomic mass is 10.2. The Kier molecular flexibility index (Phi) is 4.70. The molecule has 0 radical (unpaired) electrons. The Morgan fingerprint density at radius 3 is 2.91 bits per heavy atom. The summed E-state index contributed by atoms with van der Waals surface area (Å²) in [4.78, 5) is 21.1. The van der Waals surface area contributed by atoms with E-state index in [2.05, 4.69) is 27.1 Å². The molecule has 118 valence electrons. The molecule has 0 spiro atoms. The number of rotatable bonds is 5. The fourth-order valence-electron chi connectivity index (χ4n) is 2.73. The van der Waals surface area contributed by atoms with Crippen LogP contribution in [0.25, 0.3) is 5.65 Å². The van der Waals surface area contributed by atoms with Crippen molar-refractivity contribution in [3.8, 4) is 0 Å². The van der Waals surface area contributed by atoms with Crippen LogP contribution >= 0.6 is 0 Å². The molecular formula is C16H23N5O. The summed E-state index contributed by atoms with van der Waals surface area (Å²) in [6.45, 7) is 6.29. The Morgan fingerprint density at radius 2 is 2.09 bits per heavy atom. The van der Waals surface area contributed by atoms with Crippen LogP contribution in [-0.4, -0.2) is 71.4 Å². The molecule has 3 heterocycles. The second-order valence-corrected chi connectivity index (χ2v) is 5.86. The smallest absolute Gasteiger partial charge is 0.252 e. The SMILES string of the molecule is CN1CCN(CCCNC(=O)c2ccc3nccn3c2)CC1. The maximum Gasteiger partial charge on any atom is 0.252 e. The fourth-order valence-corrected chi connectivity index (χ4v) is 2.73. The van der Waals surface area contributed by atoms with E-state index in [9.17, 15) is 4.79 Å². The minimum atomic E-state index is -0.0195. The van der Waals surface area contributed by atoms with Gasteiger partial charge in [-0.1, -0.05) is 0 Å². The fraction of sp³-hybridized carbons (Fsp3) is 0.500. The maximum atomic E-state index is 12.1. The van der Waals surface area contributed by atoms with Gasteiger partial charge in [-0.05, 0) is 32.1 Å². The van der Waals surface area contributed by atoms with E-state index in [4.69, 9.17) is 0 Å². The lowest BCUT2D eigenvalue weighted by molar-refractivity contribution is 0.0949. The van der Waals surface area contributed by atoms with Crippen LogP contribution in [0.15, 0.2) is 30.7 Å². The summed E-state index contributed by atoms with van der Waals surface area (Å²) in [6, 6.07) is 3.68. The Morgan fingerprint density at radius 1 is 1.27 bits per heavy atom. The van der Waals surface area contributed by atoms with E-state index < -0.39 is 0 Å². The number of likely N-dealkylation sites (N-methyl/N-ethyl adjacent to an activating group) is 1. The van der Waals surface area contributed by atoms with Gasteiger partial charge in [0.05, 0.1) is 5.56 Å². The molecule has 6 nitrogen and oxygen atoms in total. The Hall–Kier alpha value is -1.92. The highest BCUT2D eigenvalue weighted by Gasteiger charge is 2.13. The lowest BCUT2D eigenvalue weighted by Gasteiger charge is -2.32. The third-order valence-corrected chi connectivity index (χ3v) is 4.18. The summed E-state index contributed by atoms with van der Waals surface area (Å²) in [7, 11) is 2.16. The Labute approximate surface area is 130 Å². The molecular weight excluding hydrogens is 278 g/mol. The van der Waals surface area contributed by atoms with Gasteiger partial charge < -0.3 is 19.5 Å². The second-order valence-electron chi connectivity index (χ2n) is 5.86. The third kappa shape index (κ3) is 3.64. The van der Waals surface area contributed by atoms with Gasteiger partial charge >= 0.3 is 0 Å². The summed E-state index contributed by atoms with van der Waals surface area (Å²) in [5.74, 6) is -0.0195. The molecule has 1 N–H and O–H groups in total. The number of imidazole rings is 1. The van der Waals surface area contributed by atoms with E-state index in [1.54, 1.807) is 6.20 Å². The van der Waals surface area contributed by atoms with Gasteiger partial charge in [-0.25, -0.2) is 4.98 Å². The third-order valence-electron chi connectivity index (χ3n) is 4.18. The van der Waals surface area contributed by atoms with Crippen molar-refractivity contribution in [2.24, 2.45) is 0 Å². The highest BCUT2D eigenvalue weighted by molar-refractivity contribution is 5.94. The number of pyridine rings is 1. The van der Waals surface area contributed by atoms with Crippen molar-refractivity contribution >= 4 is 11.6 Å². The van der Waals surface area contributed by atoms with Crippen molar-refractivity contribution < 1.29 is 4.79 Å². The number of carbonyl (C=O) groups excluding carboxylic acids is 1. The Bertz CT molecular complexity index is 630. The normalized spacial score (nSPS) is 17.0. The molecule has 0 aliphatic carbocycles. The average Bonchev–Trinajstić information content (AvgIpc) is 3.00. The number of nitrogens with zero attached hydrogens (tertiary/aromatic N) is 4. The first-order valence-electron chi connectivity index (χ1n) is 7.84. The van der Waals surface area contributed by atoms with E-state index in [1.165, 1.54) is 0 Å². The van der Waals surface area contributed by atoms with Crippen LogP contribution in [0.2, 0.25) is 0 Å². The second kappa shape index (κ2) is 6.89. The lowest BCUT2D eigenvalue weighted by Crippen LogP contribution is -2.45. The summed E-state index contributed by atoms with van der Waals surface area (Å²) >= 11 is 0. The summed E-state index contributed by atoms with van der Waals surface area (Å²) < 4.78 is 1.86. The molecule has 1 fully saturated rings. The van der Waals surface area contributed by atoms with Gasteiger partial charge in [-0.3, -0.25) is 4.79 Å². The first kappa shape index (κ1) is 15.0. The predicted octanol–water partition coefficient (Wildman–Crippen LogP) is 0.702. The molecule has 1 saturated heterocycles. The van der Waals surface area contributed by atoms with Crippen molar-refractivity contribution in [1.29, 1.82) is 0 Å². The van der Waals surface area contributed by atoms with Gasteiger partial charge in [0.15, 0.2) is 0 Å². The van der Waals surface area contributed by atoms with Crippen LogP contribution in [0.4, 0.5) is 0 Å². The zero-order valence-electron chi connectivity index (χ0n) is 13.0. The molecule has 0 unspecified atom stereocenters. The highest BCUT2D eigenvalue weighted by Crippen LogP contribution is 2.05. The number of aromatic nitrogens is 2. The minimum Gasteiger partial charge on any atom is -0.352 e. The van der Waals surface area contributed by atoms with E-state index in [0.29, 0.717) is 12.1 Å². The molecule has 0 saturated carbocycles.